The highest BCUT2D eigenvalue weighted by Crippen LogP contribution is 2.23. The molecule has 1 aliphatic heterocycles. The summed E-state index contributed by atoms with van der Waals surface area (Å²) in [5.41, 5.74) is 22.6. The number of primary amides is 1. The van der Waals surface area contributed by atoms with Gasteiger partial charge in [0.2, 0.25) is 41.4 Å². The van der Waals surface area contributed by atoms with Crippen molar-refractivity contribution in [1.82, 2.24) is 31.9 Å². The average molecular weight is 868 g/mol. The SMILES string of the molecule is CC(C)[C@@H]1NC(=O)[C@H](CC(=O)O)NC(=O)[C@H](CCCCN)NC(=O)[C@H](CCCN=C(N)N)NC(=O)CCSSC[C@@H](C(N)=O)NC(=O)[C@H](Cc2ccc(O)cc2)NC1=O. The van der Waals surface area contributed by atoms with E-state index in [0.29, 0.717) is 18.4 Å². The van der Waals surface area contributed by atoms with Crippen LogP contribution in [0.1, 0.15) is 64.4 Å². The molecule has 21 nitrogen and oxygen atoms in total. The van der Waals surface area contributed by atoms with Crippen molar-refractivity contribution in [3.63, 3.8) is 0 Å². The van der Waals surface area contributed by atoms with Crippen molar-refractivity contribution in [2.24, 2.45) is 33.8 Å². The summed E-state index contributed by atoms with van der Waals surface area (Å²) in [6.07, 6.45) is 0.0584. The number of guanidine groups is 1. The molecule has 0 aromatic heterocycles. The van der Waals surface area contributed by atoms with Gasteiger partial charge in [-0.2, -0.15) is 0 Å². The maximum atomic E-state index is 13.9. The molecule has 1 heterocycles. The van der Waals surface area contributed by atoms with Crippen LogP contribution >= 0.6 is 21.6 Å². The molecule has 0 aliphatic carbocycles. The highest BCUT2D eigenvalue weighted by molar-refractivity contribution is 8.76. The van der Waals surface area contributed by atoms with Crippen molar-refractivity contribution in [2.45, 2.75) is 101 Å². The average Bonchev–Trinajstić information content (AvgIpc) is 3.16. The molecule has 1 aliphatic rings. The van der Waals surface area contributed by atoms with Gasteiger partial charge in [0.15, 0.2) is 5.96 Å². The molecule has 16 N–H and O–H groups in total. The van der Waals surface area contributed by atoms with E-state index in [1.165, 1.54) is 35.1 Å². The second kappa shape index (κ2) is 25.9. The molecule has 0 bridgehead atoms. The number of amides is 7. The molecule has 0 unspecified atom stereocenters. The third-order valence-electron chi connectivity index (χ3n) is 8.84. The Bertz CT molecular complexity index is 1650. The van der Waals surface area contributed by atoms with Crippen molar-refractivity contribution in [3.05, 3.63) is 29.8 Å². The van der Waals surface area contributed by atoms with Gasteiger partial charge in [0, 0.05) is 30.9 Å². The van der Waals surface area contributed by atoms with E-state index in [1.807, 2.05) is 0 Å². The molecular formula is C36H57N11O10S2. The zero-order valence-corrected chi connectivity index (χ0v) is 34.7. The van der Waals surface area contributed by atoms with Crippen LogP contribution in [0.5, 0.6) is 5.75 Å². The van der Waals surface area contributed by atoms with Crippen LogP contribution in [0.15, 0.2) is 29.3 Å². The minimum absolute atomic E-state index is 0.0225. The summed E-state index contributed by atoms with van der Waals surface area (Å²) in [6, 6.07) is -2.31. The van der Waals surface area contributed by atoms with Gasteiger partial charge in [0.1, 0.15) is 42.0 Å². The van der Waals surface area contributed by atoms with Crippen LogP contribution in [-0.2, 0) is 44.8 Å². The Labute approximate surface area is 349 Å². The van der Waals surface area contributed by atoms with Crippen molar-refractivity contribution < 1.29 is 48.6 Å². The highest BCUT2D eigenvalue weighted by atomic mass is 33.1. The number of hydrogen-bond acceptors (Lipinski definition) is 13. The molecule has 0 radical (unpaired) electrons. The first-order valence-corrected chi connectivity index (χ1v) is 21.5. The number of benzene rings is 1. The maximum Gasteiger partial charge on any atom is 0.305 e. The highest BCUT2D eigenvalue weighted by Gasteiger charge is 2.35. The zero-order valence-electron chi connectivity index (χ0n) is 33.1. The topological polar surface area (TPSA) is 366 Å². The molecule has 328 valence electrons. The molecule has 0 saturated carbocycles. The van der Waals surface area contributed by atoms with Gasteiger partial charge < -0.3 is 65.0 Å². The lowest BCUT2D eigenvalue weighted by Crippen LogP contribution is -2.61. The number of carbonyl (C=O) groups excluding carboxylic acids is 7. The summed E-state index contributed by atoms with van der Waals surface area (Å²) < 4.78 is 0. The van der Waals surface area contributed by atoms with E-state index in [-0.39, 0.29) is 68.4 Å². The van der Waals surface area contributed by atoms with Crippen molar-refractivity contribution in [2.75, 3.05) is 24.6 Å². The number of phenolic OH excluding ortho intramolecular Hbond substituents is 1. The van der Waals surface area contributed by atoms with Crippen molar-refractivity contribution in [1.29, 1.82) is 0 Å². The third kappa shape index (κ3) is 18.9. The van der Waals surface area contributed by atoms with E-state index in [2.05, 4.69) is 36.9 Å². The van der Waals surface area contributed by atoms with Gasteiger partial charge in [-0.25, -0.2) is 0 Å². The molecule has 1 aromatic rings. The van der Waals surface area contributed by atoms with E-state index in [9.17, 15) is 48.6 Å². The number of nitrogens with one attached hydrogen (secondary N) is 6. The van der Waals surface area contributed by atoms with Crippen LogP contribution in [0.4, 0.5) is 0 Å². The van der Waals surface area contributed by atoms with Crippen LogP contribution in [0.25, 0.3) is 0 Å². The molecule has 1 fully saturated rings. The third-order valence-corrected chi connectivity index (χ3v) is 11.3. The minimum Gasteiger partial charge on any atom is -0.508 e. The summed E-state index contributed by atoms with van der Waals surface area (Å²) in [5, 5.41) is 34.8. The summed E-state index contributed by atoms with van der Waals surface area (Å²) >= 11 is 0. The smallest absolute Gasteiger partial charge is 0.305 e. The van der Waals surface area contributed by atoms with Gasteiger partial charge in [0.25, 0.3) is 0 Å². The van der Waals surface area contributed by atoms with Gasteiger partial charge in [-0.3, -0.25) is 43.3 Å². The second-order valence-electron chi connectivity index (χ2n) is 14.1. The second-order valence-corrected chi connectivity index (χ2v) is 16.7. The van der Waals surface area contributed by atoms with Gasteiger partial charge in [-0.05, 0) is 62.3 Å². The Kier molecular flexibility index (Phi) is 21.9. The summed E-state index contributed by atoms with van der Waals surface area (Å²) in [4.78, 5) is 110. The van der Waals surface area contributed by atoms with Crippen LogP contribution in [0.3, 0.4) is 0 Å². The van der Waals surface area contributed by atoms with Crippen LogP contribution < -0.4 is 54.8 Å². The first-order chi connectivity index (χ1) is 27.9. The number of phenols is 1. The Hall–Kier alpha value is -5.29. The number of carbonyl (C=O) groups is 8. The lowest BCUT2D eigenvalue weighted by atomic mass is 10.00. The van der Waals surface area contributed by atoms with Gasteiger partial charge in [-0.1, -0.05) is 47.6 Å². The van der Waals surface area contributed by atoms with Crippen molar-refractivity contribution in [3.8, 4) is 5.75 Å². The standard InChI is InChI=1S/C36H57N11O10S2/c1-19(2)29-35(57)45-24(16-20-8-10-21(48)11-9-20)33(55)46-26(30(38)52)18-59-58-15-12-27(49)42-22(7-5-14-41-36(39)40)31(53)43-23(6-3-4-13-37)32(54)44-25(17-28(50)51)34(56)47-29/h8-11,19,22-26,29,48H,3-7,12-18,37H2,1-2H3,(H2,38,52)(H,42,49)(H,43,53)(H,44,54)(H,45,57)(H,46,55)(H,47,56)(H,50,51)(H4,39,40,41)/t22-,23-,24-,25-,26-,29-/m0/s1. The van der Waals surface area contributed by atoms with E-state index in [0.717, 1.165) is 10.8 Å². The van der Waals surface area contributed by atoms with E-state index in [1.54, 1.807) is 13.8 Å². The lowest BCUT2D eigenvalue weighted by molar-refractivity contribution is -0.141. The molecule has 0 spiro atoms. The Balaban J connectivity index is 2.56. The Morgan fingerprint density at radius 2 is 1.34 bits per heavy atom. The minimum atomic E-state index is -1.73. The van der Waals surface area contributed by atoms with E-state index in [4.69, 9.17) is 22.9 Å². The summed E-state index contributed by atoms with van der Waals surface area (Å²) in [5.74, 6) is -7.87. The number of nitrogens with zero attached hydrogens (tertiary/aromatic N) is 1. The summed E-state index contributed by atoms with van der Waals surface area (Å²) in [6.45, 7) is 3.58. The van der Waals surface area contributed by atoms with Gasteiger partial charge in [0.05, 0.1) is 6.42 Å². The first-order valence-electron chi connectivity index (χ1n) is 19.0. The predicted molar refractivity (Wildman–Crippen MR) is 222 cm³/mol. The fraction of sp³-hybridized carbons (Fsp3) is 0.583. The van der Waals surface area contributed by atoms with E-state index >= 15 is 0 Å². The van der Waals surface area contributed by atoms with Gasteiger partial charge >= 0.3 is 5.97 Å². The van der Waals surface area contributed by atoms with Crippen LogP contribution in [0, 0.1) is 5.92 Å². The molecule has 1 saturated heterocycles. The lowest BCUT2D eigenvalue weighted by Gasteiger charge is -2.28. The number of hydrogen-bond donors (Lipinski definition) is 12. The number of unbranched alkanes of at least 4 members (excludes halogenated alkanes) is 1. The summed E-state index contributed by atoms with van der Waals surface area (Å²) in [7, 11) is 2.34. The Morgan fingerprint density at radius 1 is 0.763 bits per heavy atom. The largest absolute Gasteiger partial charge is 0.508 e. The number of nitrogens with two attached hydrogens (primary N) is 4. The van der Waals surface area contributed by atoms with Crippen molar-refractivity contribution >= 4 is 74.9 Å². The number of carboxylic acids is 1. The zero-order chi connectivity index (χ0) is 44.1. The molecule has 2 rings (SSSR count). The fourth-order valence-electron chi connectivity index (χ4n) is 5.63. The maximum absolute atomic E-state index is 13.9. The van der Waals surface area contributed by atoms with E-state index < -0.39 is 95.9 Å². The molecule has 1 aromatic carbocycles. The number of rotatable bonds is 14. The van der Waals surface area contributed by atoms with Crippen LogP contribution in [-0.4, -0.2) is 124 Å². The normalized spacial score (nSPS) is 23.4. The number of aliphatic imine (C=N–C) groups is 1. The van der Waals surface area contributed by atoms with Gasteiger partial charge in [-0.15, -0.1) is 0 Å². The monoisotopic (exact) mass is 867 g/mol. The fourth-order valence-corrected chi connectivity index (χ4v) is 7.80. The molecule has 23 heteroatoms. The number of aliphatic carboxylic acids is 1. The Morgan fingerprint density at radius 3 is 1.93 bits per heavy atom. The quantitative estimate of drug-likeness (QED) is 0.0396. The number of aromatic hydroxyl groups is 1. The molecule has 6 atom stereocenters. The number of carboxylic acid groups (broad SMARTS) is 1. The molecular weight excluding hydrogens is 811 g/mol. The predicted octanol–water partition coefficient (Wildman–Crippen LogP) is -2.57. The molecule has 7 amide bonds. The molecule has 59 heavy (non-hydrogen) atoms. The van der Waals surface area contributed by atoms with Crippen LogP contribution in [0.2, 0.25) is 0 Å². The first kappa shape index (κ1) is 49.9.